The van der Waals surface area contributed by atoms with Crippen molar-refractivity contribution in [2.24, 2.45) is 0 Å². The molecule has 5 aromatic rings. The molecule has 0 amide bonds. The Morgan fingerprint density at radius 3 is 2.72 bits per heavy atom. The van der Waals surface area contributed by atoms with Crippen molar-refractivity contribution in [1.82, 2.24) is 24.3 Å². The Kier molecular flexibility index (Phi) is 8.96. The van der Waals surface area contributed by atoms with Crippen molar-refractivity contribution in [2.45, 2.75) is 51.7 Å². The SMILES string of the molecule is Cc1c(Nc2nccc3cc(CN4CCCCC4C(=O)O)cnc23)cccc1-c1cccc2c1ccn2CCCN1CCOCC1. The molecule has 1 unspecified atom stereocenters. The third kappa shape index (κ3) is 6.35. The van der Waals surface area contributed by atoms with Crippen molar-refractivity contribution in [3.8, 4) is 11.1 Å². The van der Waals surface area contributed by atoms with Gasteiger partial charge < -0.3 is 19.7 Å². The van der Waals surface area contributed by atoms with E-state index in [0.717, 1.165) is 92.9 Å². The molecule has 2 N–H and O–H groups in total. The highest BCUT2D eigenvalue weighted by Gasteiger charge is 2.28. The number of hydrogen-bond acceptors (Lipinski definition) is 7. The maximum Gasteiger partial charge on any atom is 0.320 e. The van der Waals surface area contributed by atoms with E-state index in [4.69, 9.17) is 9.72 Å². The van der Waals surface area contributed by atoms with E-state index >= 15 is 0 Å². The van der Waals surface area contributed by atoms with E-state index in [9.17, 15) is 9.90 Å². The quantitative estimate of drug-likeness (QED) is 0.184. The second-order valence-electron chi connectivity index (χ2n) is 12.6. The number of ether oxygens (including phenoxy) is 1. The summed E-state index contributed by atoms with van der Waals surface area (Å²) in [5, 5.41) is 15.5. The molecule has 2 aliphatic heterocycles. The van der Waals surface area contributed by atoms with Gasteiger partial charge in [-0.25, -0.2) is 4.98 Å². The molecular formula is C37H42N6O3. The number of carboxylic acids is 1. The summed E-state index contributed by atoms with van der Waals surface area (Å²) in [4.78, 5) is 25.8. The summed E-state index contributed by atoms with van der Waals surface area (Å²) in [5.41, 5.74) is 7.60. The van der Waals surface area contributed by atoms with Crippen molar-refractivity contribution >= 4 is 39.3 Å². The Bertz CT molecular complexity index is 1850. The maximum absolute atomic E-state index is 11.8. The van der Waals surface area contributed by atoms with Gasteiger partial charge in [-0.1, -0.05) is 30.7 Å². The number of rotatable bonds is 10. The van der Waals surface area contributed by atoms with E-state index in [1.165, 1.54) is 22.0 Å². The Labute approximate surface area is 269 Å². The van der Waals surface area contributed by atoms with Gasteiger partial charge >= 0.3 is 5.97 Å². The zero-order chi connectivity index (χ0) is 31.5. The molecule has 7 rings (SSSR count). The molecular weight excluding hydrogens is 576 g/mol. The number of fused-ring (bicyclic) bond motifs is 2. The number of carboxylic acid groups (broad SMARTS) is 1. The van der Waals surface area contributed by atoms with Crippen molar-refractivity contribution in [1.29, 1.82) is 0 Å². The van der Waals surface area contributed by atoms with Gasteiger partial charge in [0.05, 0.1) is 13.2 Å². The summed E-state index contributed by atoms with van der Waals surface area (Å²) in [6.07, 6.45) is 9.68. The Hall–Kier alpha value is -4.31. The first kappa shape index (κ1) is 30.3. The second-order valence-corrected chi connectivity index (χ2v) is 12.6. The van der Waals surface area contributed by atoms with Gasteiger partial charge in [0.25, 0.3) is 0 Å². The van der Waals surface area contributed by atoms with Crippen LogP contribution in [0.5, 0.6) is 0 Å². The van der Waals surface area contributed by atoms with E-state index in [2.05, 4.69) is 86.3 Å². The smallest absolute Gasteiger partial charge is 0.320 e. The van der Waals surface area contributed by atoms with Crippen LogP contribution in [0.4, 0.5) is 11.5 Å². The minimum Gasteiger partial charge on any atom is -0.480 e. The van der Waals surface area contributed by atoms with Crippen LogP contribution in [-0.4, -0.2) is 80.8 Å². The molecule has 0 aliphatic carbocycles. The number of nitrogens with zero attached hydrogens (tertiary/aromatic N) is 5. The number of anilines is 2. The van der Waals surface area contributed by atoms with Gasteiger partial charge in [-0.15, -0.1) is 0 Å². The van der Waals surface area contributed by atoms with Gasteiger partial charge in [-0.2, -0.15) is 0 Å². The van der Waals surface area contributed by atoms with Crippen LogP contribution in [0.15, 0.2) is 73.2 Å². The minimum absolute atomic E-state index is 0.431. The predicted octanol–water partition coefficient (Wildman–Crippen LogP) is 6.46. The molecule has 2 saturated heterocycles. The molecule has 0 saturated carbocycles. The number of likely N-dealkylation sites (tertiary alicyclic amines) is 1. The first-order valence-corrected chi connectivity index (χ1v) is 16.5. The molecule has 238 valence electrons. The van der Waals surface area contributed by atoms with Crippen LogP contribution in [0.2, 0.25) is 0 Å². The molecule has 9 nitrogen and oxygen atoms in total. The van der Waals surface area contributed by atoms with Crippen LogP contribution in [-0.2, 0) is 22.6 Å². The highest BCUT2D eigenvalue weighted by Crippen LogP contribution is 2.36. The summed E-state index contributed by atoms with van der Waals surface area (Å²) in [7, 11) is 0. The van der Waals surface area contributed by atoms with Crippen LogP contribution < -0.4 is 5.32 Å². The van der Waals surface area contributed by atoms with E-state index in [1.54, 1.807) is 6.20 Å². The number of nitrogens with one attached hydrogen (secondary N) is 1. The Morgan fingerprint density at radius 1 is 1.00 bits per heavy atom. The summed E-state index contributed by atoms with van der Waals surface area (Å²) in [6, 6.07) is 18.9. The zero-order valence-electron chi connectivity index (χ0n) is 26.5. The van der Waals surface area contributed by atoms with Crippen molar-refractivity contribution in [3.05, 3.63) is 84.3 Å². The molecule has 1 atom stereocenters. The van der Waals surface area contributed by atoms with E-state index in [0.29, 0.717) is 18.8 Å². The normalized spacial score (nSPS) is 17.9. The van der Waals surface area contributed by atoms with Crippen LogP contribution in [0.1, 0.15) is 36.8 Å². The van der Waals surface area contributed by atoms with Crippen LogP contribution in [0, 0.1) is 6.92 Å². The number of carbonyl (C=O) groups is 1. The lowest BCUT2D eigenvalue weighted by atomic mass is 9.96. The number of morpholine rings is 1. The molecule has 46 heavy (non-hydrogen) atoms. The molecule has 5 heterocycles. The summed E-state index contributed by atoms with van der Waals surface area (Å²) in [6.45, 7) is 9.35. The molecule has 0 spiro atoms. The fraction of sp³-hybridized carbons (Fsp3) is 0.378. The third-order valence-corrected chi connectivity index (χ3v) is 9.61. The topological polar surface area (TPSA) is 95.8 Å². The van der Waals surface area contributed by atoms with Gasteiger partial charge in [-0.05, 0) is 85.3 Å². The third-order valence-electron chi connectivity index (χ3n) is 9.61. The zero-order valence-corrected chi connectivity index (χ0v) is 26.5. The number of benzene rings is 2. The fourth-order valence-corrected chi connectivity index (χ4v) is 7.11. The number of aromatic nitrogens is 3. The standard InChI is InChI=1S/C37H42N6O3/c1-26-29(30-8-5-11-33-31(30)13-18-42(33)17-6-15-41-19-21-46-22-20-41)7-4-9-32(26)40-36-35-28(12-14-38-36)23-27(24-39-35)25-43-16-3-2-10-34(43)37(44)45/h4-5,7-9,11-14,18,23-24,34H,2-3,6,10,15-17,19-22,25H2,1H3,(H,38,40)(H,44,45). The summed E-state index contributed by atoms with van der Waals surface area (Å²) >= 11 is 0. The predicted molar refractivity (Wildman–Crippen MR) is 182 cm³/mol. The van der Waals surface area contributed by atoms with Crippen LogP contribution in [0.25, 0.3) is 32.9 Å². The summed E-state index contributed by atoms with van der Waals surface area (Å²) < 4.78 is 7.88. The van der Waals surface area contributed by atoms with E-state index in [1.807, 2.05) is 12.3 Å². The van der Waals surface area contributed by atoms with Crippen molar-refractivity contribution in [3.63, 3.8) is 0 Å². The highest BCUT2D eigenvalue weighted by atomic mass is 16.5. The molecule has 2 aromatic carbocycles. The molecule has 2 aliphatic rings. The Balaban J connectivity index is 1.11. The second kappa shape index (κ2) is 13.6. The lowest BCUT2D eigenvalue weighted by Crippen LogP contribution is -2.44. The lowest BCUT2D eigenvalue weighted by molar-refractivity contribution is -0.144. The average Bonchev–Trinajstić information content (AvgIpc) is 3.50. The number of piperidine rings is 1. The van der Waals surface area contributed by atoms with Crippen molar-refractivity contribution in [2.75, 3.05) is 44.7 Å². The van der Waals surface area contributed by atoms with Crippen molar-refractivity contribution < 1.29 is 14.6 Å². The first-order chi connectivity index (χ1) is 22.5. The Morgan fingerprint density at radius 2 is 1.85 bits per heavy atom. The van der Waals surface area contributed by atoms with E-state index in [-0.39, 0.29) is 0 Å². The average molecular weight is 619 g/mol. The van der Waals surface area contributed by atoms with Crippen LogP contribution >= 0.6 is 0 Å². The summed E-state index contributed by atoms with van der Waals surface area (Å²) in [5.74, 6) is -0.0367. The van der Waals surface area contributed by atoms with Gasteiger partial charge in [0, 0.05) is 73.3 Å². The molecule has 0 radical (unpaired) electrons. The van der Waals surface area contributed by atoms with Gasteiger partial charge in [0.1, 0.15) is 11.6 Å². The molecule has 3 aromatic heterocycles. The van der Waals surface area contributed by atoms with Gasteiger partial charge in [0.2, 0.25) is 0 Å². The van der Waals surface area contributed by atoms with Gasteiger partial charge in [-0.3, -0.25) is 19.6 Å². The van der Waals surface area contributed by atoms with E-state index < -0.39 is 12.0 Å². The number of aryl methyl sites for hydroxylation is 1. The van der Waals surface area contributed by atoms with Crippen LogP contribution in [0.3, 0.4) is 0 Å². The highest BCUT2D eigenvalue weighted by molar-refractivity contribution is 5.98. The maximum atomic E-state index is 11.8. The fourth-order valence-electron chi connectivity index (χ4n) is 7.11. The largest absolute Gasteiger partial charge is 0.480 e. The minimum atomic E-state index is -0.741. The number of pyridine rings is 2. The first-order valence-electron chi connectivity index (χ1n) is 16.5. The van der Waals surface area contributed by atoms with Gasteiger partial charge in [0.15, 0.2) is 5.82 Å². The molecule has 2 fully saturated rings. The monoisotopic (exact) mass is 618 g/mol. The number of aliphatic carboxylic acids is 1. The molecule has 9 heteroatoms. The molecule has 0 bridgehead atoms. The number of hydrogen-bond donors (Lipinski definition) is 2. The lowest BCUT2D eigenvalue weighted by Gasteiger charge is -2.32.